The van der Waals surface area contributed by atoms with Gasteiger partial charge in [0.1, 0.15) is 0 Å². The van der Waals surface area contributed by atoms with Crippen LogP contribution >= 0.6 is 11.6 Å². The van der Waals surface area contributed by atoms with Gasteiger partial charge in [-0.1, -0.05) is 0 Å². The van der Waals surface area contributed by atoms with Gasteiger partial charge in [-0.3, -0.25) is 0 Å². The summed E-state index contributed by atoms with van der Waals surface area (Å²) in [5, 5.41) is 3.51. The molecular formula is C8H18ClNO. The number of hydrogen-bond acceptors (Lipinski definition) is 2. The van der Waals surface area contributed by atoms with E-state index in [-0.39, 0.29) is 5.38 Å². The summed E-state index contributed by atoms with van der Waals surface area (Å²) in [6.07, 6.45) is 1.02. The molecule has 1 unspecified atom stereocenters. The molecule has 0 bridgehead atoms. The maximum absolute atomic E-state index is 5.75. The van der Waals surface area contributed by atoms with Crippen LogP contribution in [0, 0.1) is 0 Å². The zero-order valence-corrected chi connectivity index (χ0v) is 8.16. The molecule has 0 heterocycles. The topological polar surface area (TPSA) is 21.3 Å². The molecule has 0 amide bonds. The maximum atomic E-state index is 5.75. The van der Waals surface area contributed by atoms with E-state index >= 15 is 0 Å². The predicted molar refractivity (Wildman–Crippen MR) is 49.3 cm³/mol. The monoisotopic (exact) mass is 179 g/mol. The lowest BCUT2D eigenvalue weighted by molar-refractivity contribution is 0.149. The first-order chi connectivity index (χ1) is 5.27. The van der Waals surface area contributed by atoms with Crippen LogP contribution in [0.1, 0.15) is 20.3 Å². The third kappa shape index (κ3) is 10.2. The van der Waals surface area contributed by atoms with Crippen molar-refractivity contribution in [2.75, 3.05) is 26.3 Å². The highest BCUT2D eigenvalue weighted by atomic mass is 35.5. The number of ether oxygens (including phenoxy) is 1. The van der Waals surface area contributed by atoms with E-state index in [0.717, 1.165) is 32.7 Å². The fourth-order valence-corrected chi connectivity index (χ4v) is 0.824. The zero-order chi connectivity index (χ0) is 8.53. The van der Waals surface area contributed by atoms with Gasteiger partial charge in [0.15, 0.2) is 0 Å². The van der Waals surface area contributed by atoms with Crippen LogP contribution in [-0.4, -0.2) is 31.7 Å². The second kappa shape index (κ2) is 8.31. The maximum Gasteiger partial charge on any atom is 0.0590 e. The normalized spacial score (nSPS) is 13.4. The molecule has 0 radical (unpaired) electrons. The SMILES string of the molecule is CCOCCNCCC(C)Cl. The van der Waals surface area contributed by atoms with Crippen molar-refractivity contribution in [1.82, 2.24) is 5.32 Å². The summed E-state index contributed by atoms with van der Waals surface area (Å²) in [6.45, 7) is 7.52. The van der Waals surface area contributed by atoms with Crippen molar-refractivity contribution in [1.29, 1.82) is 0 Å². The second-order valence-corrected chi connectivity index (χ2v) is 3.26. The van der Waals surface area contributed by atoms with Gasteiger partial charge in [-0.05, 0) is 26.8 Å². The van der Waals surface area contributed by atoms with Crippen molar-refractivity contribution in [3.63, 3.8) is 0 Å². The van der Waals surface area contributed by atoms with Gasteiger partial charge in [0.2, 0.25) is 0 Å². The summed E-state index contributed by atoms with van der Waals surface area (Å²) in [4.78, 5) is 0. The van der Waals surface area contributed by atoms with Gasteiger partial charge in [0, 0.05) is 18.5 Å². The molecule has 0 rings (SSSR count). The molecule has 3 heteroatoms. The summed E-state index contributed by atoms with van der Waals surface area (Å²) < 4.78 is 5.15. The summed E-state index contributed by atoms with van der Waals surface area (Å²) in [5.41, 5.74) is 0. The molecule has 0 aromatic carbocycles. The number of rotatable bonds is 7. The molecule has 0 aromatic heterocycles. The van der Waals surface area contributed by atoms with E-state index in [4.69, 9.17) is 16.3 Å². The Hall–Kier alpha value is 0.210. The summed E-state index contributed by atoms with van der Waals surface area (Å²) in [6, 6.07) is 0. The summed E-state index contributed by atoms with van der Waals surface area (Å²) in [5.74, 6) is 0. The standard InChI is InChI=1S/C8H18ClNO/c1-3-11-7-6-10-5-4-8(2)9/h8,10H,3-7H2,1-2H3. The highest BCUT2D eigenvalue weighted by Gasteiger charge is 1.93. The van der Waals surface area contributed by atoms with Gasteiger partial charge in [-0.25, -0.2) is 0 Å². The van der Waals surface area contributed by atoms with Gasteiger partial charge < -0.3 is 10.1 Å². The van der Waals surface area contributed by atoms with E-state index in [2.05, 4.69) is 5.32 Å². The lowest BCUT2D eigenvalue weighted by Gasteiger charge is -2.05. The summed E-state index contributed by atoms with van der Waals surface area (Å²) >= 11 is 5.75. The van der Waals surface area contributed by atoms with Gasteiger partial charge in [0.25, 0.3) is 0 Å². The van der Waals surface area contributed by atoms with E-state index in [1.54, 1.807) is 0 Å². The molecule has 0 fully saturated rings. The Morgan fingerprint density at radius 1 is 1.45 bits per heavy atom. The molecule has 1 atom stereocenters. The van der Waals surface area contributed by atoms with Crippen LogP contribution in [-0.2, 0) is 4.74 Å². The first-order valence-corrected chi connectivity index (χ1v) is 4.63. The molecule has 0 saturated carbocycles. The molecule has 68 valence electrons. The molecule has 1 N–H and O–H groups in total. The predicted octanol–water partition coefficient (Wildman–Crippen LogP) is 1.63. The van der Waals surface area contributed by atoms with Crippen LogP contribution in [0.5, 0.6) is 0 Å². The average Bonchev–Trinajstić information content (AvgIpc) is 1.96. The minimum absolute atomic E-state index is 0.273. The molecule has 2 nitrogen and oxygen atoms in total. The molecule has 0 aliphatic rings. The second-order valence-electron chi connectivity index (χ2n) is 2.52. The smallest absolute Gasteiger partial charge is 0.0590 e. The number of alkyl halides is 1. The van der Waals surface area contributed by atoms with Gasteiger partial charge in [0.05, 0.1) is 6.61 Å². The van der Waals surface area contributed by atoms with Crippen molar-refractivity contribution in [3.8, 4) is 0 Å². The molecular weight excluding hydrogens is 162 g/mol. The molecule has 0 spiro atoms. The Morgan fingerprint density at radius 2 is 2.18 bits per heavy atom. The number of nitrogens with one attached hydrogen (secondary N) is 1. The number of hydrogen-bond donors (Lipinski definition) is 1. The quantitative estimate of drug-likeness (QED) is 0.474. The minimum atomic E-state index is 0.273. The van der Waals surface area contributed by atoms with E-state index in [1.165, 1.54) is 0 Å². The van der Waals surface area contributed by atoms with E-state index in [0.29, 0.717) is 0 Å². The van der Waals surface area contributed by atoms with Crippen LogP contribution in [0.4, 0.5) is 0 Å². The average molecular weight is 180 g/mol. The van der Waals surface area contributed by atoms with Crippen molar-refractivity contribution >= 4 is 11.6 Å². The Bertz CT molecular complexity index is 78.5. The molecule has 0 aliphatic carbocycles. The Kier molecular flexibility index (Phi) is 8.47. The van der Waals surface area contributed by atoms with E-state index in [1.807, 2.05) is 13.8 Å². The van der Waals surface area contributed by atoms with Gasteiger partial charge in [-0.15, -0.1) is 11.6 Å². The highest BCUT2D eigenvalue weighted by molar-refractivity contribution is 6.20. The fourth-order valence-electron chi connectivity index (χ4n) is 0.715. The van der Waals surface area contributed by atoms with Gasteiger partial charge >= 0.3 is 0 Å². The largest absolute Gasteiger partial charge is 0.380 e. The Balaban J connectivity index is 2.80. The lowest BCUT2D eigenvalue weighted by atomic mass is 10.3. The minimum Gasteiger partial charge on any atom is -0.380 e. The first-order valence-electron chi connectivity index (χ1n) is 4.20. The zero-order valence-electron chi connectivity index (χ0n) is 7.40. The highest BCUT2D eigenvalue weighted by Crippen LogP contribution is 1.96. The van der Waals surface area contributed by atoms with Crippen molar-refractivity contribution in [2.24, 2.45) is 0 Å². The van der Waals surface area contributed by atoms with Crippen molar-refractivity contribution in [2.45, 2.75) is 25.6 Å². The molecule has 0 saturated heterocycles. The third-order valence-corrected chi connectivity index (χ3v) is 1.56. The fraction of sp³-hybridized carbons (Fsp3) is 1.00. The number of halogens is 1. The first kappa shape index (κ1) is 11.2. The van der Waals surface area contributed by atoms with Crippen molar-refractivity contribution < 1.29 is 4.74 Å². The van der Waals surface area contributed by atoms with Crippen molar-refractivity contribution in [3.05, 3.63) is 0 Å². The van der Waals surface area contributed by atoms with Crippen LogP contribution in [0.3, 0.4) is 0 Å². The Labute approximate surface area is 74.3 Å². The third-order valence-electron chi connectivity index (χ3n) is 1.35. The van der Waals surface area contributed by atoms with E-state index in [9.17, 15) is 0 Å². The lowest BCUT2D eigenvalue weighted by Crippen LogP contribution is -2.22. The molecule has 0 aromatic rings. The Morgan fingerprint density at radius 3 is 2.73 bits per heavy atom. The van der Waals surface area contributed by atoms with Crippen LogP contribution in [0.15, 0.2) is 0 Å². The summed E-state index contributed by atoms with van der Waals surface area (Å²) in [7, 11) is 0. The molecule has 0 aliphatic heterocycles. The molecule has 11 heavy (non-hydrogen) atoms. The van der Waals surface area contributed by atoms with Crippen LogP contribution < -0.4 is 5.32 Å². The van der Waals surface area contributed by atoms with Gasteiger partial charge in [-0.2, -0.15) is 0 Å². The van der Waals surface area contributed by atoms with E-state index < -0.39 is 0 Å². The van der Waals surface area contributed by atoms with Crippen LogP contribution in [0.2, 0.25) is 0 Å². The van der Waals surface area contributed by atoms with Crippen LogP contribution in [0.25, 0.3) is 0 Å².